The summed E-state index contributed by atoms with van der Waals surface area (Å²) in [4.78, 5) is 3.99. The molecule has 2 rings (SSSR count). The van der Waals surface area contributed by atoms with E-state index < -0.39 is 17.5 Å². The van der Waals surface area contributed by atoms with Crippen LogP contribution in [0.2, 0.25) is 10.0 Å². The van der Waals surface area contributed by atoms with E-state index in [-0.39, 0.29) is 27.1 Å². The van der Waals surface area contributed by atoms with Crippen molar-refractivity contribution in [2.75, 3.05) is 12.4 Å². The zero-order valence-corrected chi connectivity index (χ0v) is 11.1. The van der Waals surface area contributed by atoms with Crippen molar-refractivity contribution in [2.45, 2.75) is 0 Å². The smallest absolute Gasteiger partial charge is 0.195 e. The van der Waals surface area contributed by atoms with Crippen LogP contribution in [0.1, 0.15) is 0 Å². The third-order valence-electron chi connectivity index (χ3n) is 2.46. The summed E-state index contributed by atoms with van der Waals surface area (Å²) in [7, 11) is 1.56. The highest BCUT2D eigenvalue weighted by Crippen LogP contribution is 2.34. The van der Waals surface area contributed by atoms with Gasteiger partial charge >= 0.3 is 0 Å². The molecule has 0 spiro atoms. The fourth-order valence-corrected chi connectivity index (χ4v) is 2.09. The Morgan fingerprint density at radius 3 is 2.37 bits per heavy atom. The maximum atomic E-state index is 13.7. The van der Waals surface area contributed by atoms with Gasteiger partial charge in [0.2, 0.25) is 0 Å². The van der Waals surface area contributed by atoms with Crippen molar-refractivity contribution in [3.05, 3.63) is 45.7 Å². The number of hydrogen-bond donors (Lipinski definition) is 1. The second-order valence-corrected chi connectivity index (χ2v) is 4.44. The van der Waals surface area contributed by atoms with Crippen molar-refractivity contribution in [2.24, 2.45) is 0 Å². The third-order valence-corrected chi connectivity index (χ3v) is 3.03. The van der Waals surface area contributed by atoms with Crippen LogP contribution in [0, 0.1) is 17.5 Å². The molecular weight excluding hydrogens is 300 g/mol. The van der Waals surface area contributed by atoms with Crippen molar-refractivity contribution in [3.8, 4) is 11.3 Å². The Hall–Kier alpha value is -1.46. The molecule has 0 amide bonds. The van der Waals surface area contributed by atoms with Crippen LogP contribution in [0.5, 0.6) is 0 Å². The zero-order chi connectivity index (χ0) is 14.2. The molecule has 2 nitrogen and oxygen atoms in total. The molecule has 19 heavy (non-hydrogen) atoms. The summed E-state index contributed by atoms with van der Waals surface area (Å²) in [6, 6.07) is 3.21. The molecule has 0 unspecified atom stereocenters. The molecule has 2 aromatic rings. The van der Waals surface area contributed by atoms with Crippen LogP contribution in [0.3, 0.4) is 0 Å². The second-order valence-electron chi connectivity index (χ2n) is 3.62. The van der Waals surface area contributed by atoms with Crippen LogP contribution in [-0.4, -0.2) is 12.0 Å². The topological polar surface area (TPSA) is 24.9 Å². The molecule has 0 radical (unpaired) electrons. The Morgan fingerprint density at radius 2 is 1.74 bits per heavy atom. The minimum atomic E-state index is -1.57. The van der Waals surface area contributed by atoms with Gasteiger partial charge in [0.1, 0.15) is 5.82 Å². The molecule has 1 aromatic carbocycles. The lowest BCUT2D eigenvalue weighted by atomic mass is 10.1. The summed E-state index contributed by atoms with van der Waals surface area (Å²) >= 11 is 11.7. The fourth-order valence-electron chi connectivity index (χ4n) is 1.54. The van der Waals surface area contributed by atoms with Gasteiger partial charge in [0, 0.05) is 12.6 Å². The number of halogens is 5. The minimum absolute atomic E-state index is 0.0215. The number of benzene rings is 1. The lowest BCUT2D eigenvalue weighted by Crippen LogP contribution is -1.99. The van der Waals surface area contributed by atoms with E-state index in [2.05, 4.69) is 10.3 Å². The first-order chi connectivity index (χ1) is 8.95. The van der Waals surface area contributed by atoms with Gasteiger partial charge in [-0.2, -0.15) is 0 Å². The molecule has 100 valence electrons. The highest BCUT2D eigenvalue weighted by molar-refractivity contribution is 6.37. The number of nitrogens with zero attached hydrogens (tertiary/aromatic N) is 1. The quantitative estimate of drug-likeness (QED) is 0.825. The van der Waals surface area contributed by atoms with Crippen LogP contribution in [0.4, 0.5) is 19.0 Å². The van der Waals surface area contributed by atoms with Gasteiger partial charge in [-0.25, -0.2) is 18.2 Å². The Morgan fingerprint density at radius 1 is 1.05 bits per heavy atom. The number of hydrogen-bond acceptors (Lipinski definition) is 2. The molecule has 0 fully saturated rings. The molecule has 0 aliphatic rings. The first-order valence-electron chi connectivity index (χ1n) is 5.13. The molecule has 0 saturated heterocycles. The summed E-state index contributed by atoms with van der Waals surface area (Å²) < 4.78 is 39.8. The van der Waals surface area contributed by atoms with Gasteiger partial charge < -0.3 is 5.32 Å². The Bertz CT molecular complexity index is 647. The van der Waals surface area contributed by atoms with Crippen LogP contribution >= 0.6 is 23.2 Å². The van der Waals surface area contributed by atoms with E-state index in [4.69, 9.17) is 23.2 Å². The van der Waals surface area contributed by atoms with E-state index in [0.29, 0.717) is 0 Å². The molecule has 0 bridgehead atoms. The van der Waals surface area contributed by atoms with E-state index in [0.717, 1.165) is 12.1 Å². The molecule has 1 heterocycles. The van der Waals surface area contributed by atoms with Crippen LogP contribution < -0.4 is 5.32 Å². The van der Waals surface area contributed by atoms with Crippen LogP contribution in [0.15, 0.2) is 18.2 Å². The van der Waals surface area contributed by atoms with Gasteiger partial charge in [0.15, 0.2) is 17.5 Å². The Kier molecular flexibility index (Phi) is 3.87. The number of rotatable bonds is 2. The van der Waals surface area contributed by atoms with Gasteiger partial charge in [-0.1, -0.05) is 23.2 Å². The molecular formula is C12H7Cl2F3N2. The van der Waals surface area contributed by atoms with Crippen molar-refractivity contribution >= 4 is 29.0 Å². The summed E-state index contributed by atoms with van der Waals surface area (Å²) in [5.74, 6) is -3.94. The van der Waals surface area contributed by atoms with Crippen molar-refractivity contribution < 1.29 is 13.2 Å². The molecule has 7 heteroatoms. The molecule has 1 aromatic heterocycles. The van der Waals surface area contributed by atoms with Crippen molar-refractivity contribution in [3.63, 3.8) is 0 Å². The van der Waals surface area contributed by atoms with Crippen LogP contribution in [0.25, 0.3) is 11.3 Å². The van der Waals surface area contributed by atoms with E-state index in [1.807, 2.05) is 0 Å². The number of aromatic nitrogens is 1. The van der Waals surface area contributed by atoms with Crippen LogP contribution in [-0.2, 0) is 0 Å². The summed E-state index contributed by atoms with van der Waals surface area (Å²) in [6.45, 7) is 0. The first kappa shape index (κ1) is 14.0. The van der Waals surface area contributed by atoms with Gasteiger partial charge in [-0.15, -0.1) is 0 Å². The fraction of sp³-hybridized carbons (Fsp3) is 0.0833. The summed E-state index contributed by atoms with van der Waals surface area (Å²) in [6.07, 6.45) is 0. The standard InChI is InChI=1S/C12H7Cl2F3N2/c1-18-12-7(14)4-6(13)11(19-12)5-2-3-8(15)10(17)9(5)16/h2-4H,1H3,(H,18,19). The lowest BCUT2D eigenvalue weighted by Gasteiger charge is -2.10. The summed E-state index contributed by atoms with van der Waals surface area (Å²) in [5, 5.41) is 2.96. The zero-order valence-electron chi connectivity index (χ0n) is 9.57. The molecule has 0 aliphatic heterocycles. The minimum Gasteiger partial charge on any atom is -0.372 e. The van der Waals surface area contributed by atoms with Crippen molar-refractivity contribution in [1.82, 2.24) is 4.98 Å². The number of nitrogens with one attached hydrogen (secondary N) is 1. The van der Waals surface area contributed by atoms with Gasteiger partial charge in [0.05, 0.1) is 15.7 Å². The predicted octanol–water partition coefficient (Wildman–Crippen LogP) is 4.51. The SMILES string of the molecule is CNc1nc(-c2ccc(F)c(F)c2F)c(Cl)cc1Cl. The number of anilines is 1. The molecule has 0 atom stereocenters. The largest absolute Gasteiger partial charge is 0.372 e. The Labute approximate surface area is 117 Å². The van der Waals surface area contributed by atoms with Gasteiger partial charge in [-0.05, 0) is 18.2 Å². The van der Waals surface area contributed by atoms with E-state index in [1.165, 1.54) is 6.07 Å². The maximum absolute atomic E-state index is 13.7. The summed E-state index contributed by atoms with van der Waals surface area (Å²) in [5.41, 5.74) is -0.260. The van der Waals surface area contributed by atoms with Gasteiger partial charge in [0.25, 0.3) is 0 Å². The average molecular weight is 307 g/mol. The Balaban J connectivity index is 2.69. The lowest BCUT2D eigenvalue weighted by molar-refractivity contribution is 0.449. The maximum Gasteiger partial charge on any atom is 0.195 e. The average Bonchev–Trinajstić information content (AvgIpc) is 2.37. The molecule has 1 N–H and O–H groups in total. The normalized spacial score (nSPS) is 10.6. The monoisotopic (exact) mass is 306 g/mol. The third kappa shape index (κ3) is 2.48. The van der Waals surface area contributed by atoms with E-state index in [1.54, 1.807) is 7.05 Å². The molecule has 0 saturated carbocycles. The highest BCUT2D eigenvalue weighted by Gasteiger charge is 2.19. The first-order valence-corrected chi connectivity index (χ1v) is 5.89. The molecule has 0 aliphatic carbocycles. The van der Waals surface area contributed by atoms with Gasteiger partial charge in [-0.3, -0.25) is 0 Å². The predicted molar refractivity (Wildman–Crippen MR) is 69.1 cm³/mol. The number of pyridine rings is 1. The van der Waals surface area contributed by atoms with Crippen molar-refractivity contribution in [1.29, 1.82) is 0 Å². The van der Waals surface area contributed by atoms with E-state index >= 15 is 0 Å². The highest BCUT2D eigenvalue weighted by atomic mass is 35.5. The van der Waals surface area contributed by atoms with E-state index in [9.17, 15) is 13.2 Å². The second kappa shape index (κ2) is 5.27.